The first-order valence-corrected chi connectivity index (χ1v) is 7.03. The zero-order chi connectivity index (χ0) is 14.1. The highest BCUT2D eigenvalue weighted by Gasteiger charge is 2.25. The molecule has 1 aliphatic carbocycles. The van der Waals surface area contributed by atoms with Crippen LogP contribution in [0.4, 0.5) is 0 Å². The summed E-state index contributed by atoms with van der Waals surface area (Å²) in [6.07, 6.45) is 7.12. The first-order chi connectivity index (χ1) is 9.63. The fraction of sp³-hybridized carbons (Fsp3) is 0.500. The summed E-state index contributed by atoms with van der Waals surface area (Å²) in [5.41, 5.74) is 10.4. The van der Waals surface area contributed by atoms with Crippen LogP contribution in [0.25, 0.3) is 6.08 Å². The predicted molar refractivity (Wildman–Crippen MR) is 76.1 cm³/mol. The van der Waals surface area contributed by atoms with Crippen LogP contribution in [0, 0.1) is 0 Å². The average Bonchev–Trinajstić information content (AvgIpc) is 2.89. The van der Waals surface area contributed by atoms with E-state index in [4.69, 9.17) is 5.73 Å². The Morgan fingerprint density at radius 2 is 2.10 bits per heavy atom. The Labute approximate surface area is 117 Å². The van der Waals surface area contributed by atoms with Gasteiger partial charge in [-0.25, -0.2) is 10.5 Å². The molecular weight excluding hydrogens is 256 g/mol. The van der Waals surface area contributed by atoms with Crippen LogP contribution in [0.2, 0.25) is 0 Å². The van der Waals surface area contributed by atoms with Crippen LogP contribution in [0.15, 0.2) is 23.9 Å². The van der Waals surface area contributed by atoms with Crippen molar-refractivity contribution in [3.63, 3.8) is 0 Å². The van der Waals surface area contributed by atoms with Gasteiger partial charge in [-0.3, -0.25) is 9.47 Å². The quantitative estimate of drug-likeness (QED) is 0.732. The number of rotatable bonds is 3. The standard InChI is InChI=1S/C14H20N4O2/c15-14(20)10-8-12-2-1-7-17(12)18(9-10)16-11-3-5-13(19)6-4-11/h1-2,7-8,11,13,16,19H,3-6,9H2,(H2,15,20). The molecule has 1 fully saturated rings. The van der Waals surface area contributed by atoms with Crippen LogP contribution in [-0.4, -0.2) is 34.4 Å². The van der Waals surface area contributed by atoms with E-state index in [0.29, 0.717) is 18.2 Å². The van der Waals surface area contributed by atoms with Gasteiger partial charge in [0.15, 0.2) is 0 Å². The van der Waals surface area contributed by atoms with Gasteiger partial charge in [-0.15, -0.1) is 0 Å². The summed E-state index contributed by atoms with van der Waals surface area (Å²) in [6.45, 7) is 0.454. The highest BCUT2D eigenvalue weighted by Crippen LogP contribution is 2.20. The van der Waals surface area contributed by atoms with Gasteiger partial charge in [0.2, 0.25) is 5.91 Å². The van der Waals surface area contributed by atoms with Crippen molar-refractivity contribution < 1.29 is 9.90 Å². The minimum absolute atomic E-state index is 0.169. The maximum atomic E-state index is 11.4. The molecule has 0 atom stereocenters. The summed E-state index contributed by atoms with van der Waals surface area (Å²) in [7, 11) is 0. The summed E-state index contributed by atoms with van der Waals surface area (Å²) < 4.78 is 1.98. The molecule has 0 spiro atoms. The molecule has 6 nitrogen and oxygen atoms in total. The first kappa shape index (κ1) is 13.2. The Bertz CT molecular complexity index is 529. The summed E-state index contributed by atoms with van der Waals surface area (Å²) in [4.78, 5) is 11.4. The van der Waals surface area contributed by atoms with Crippen molar-refractivity contribution in [1.29, 1.82) is 0 Å². The number of aliphatic hydroxyl groups excluding tert-OH is 1. The highest BCUT2D eigenvalue weighted by molar-refractivity contribution is 5.97. The number of primary amides is 1. The van der Waals surface area contributed by atoms with Crippen molar-refractivity contribution in [1.82, 2.24) is 10.1 Å². The second kappa shape index (κ2) is 5.30. The number of nitrogens with one attached hydrogen (secondary N) is 1. The van der Waals surface area contributed by atoms with Gasteiger partial charge in [0.25, 0.3) is 0 Å². The van der Waals surface area contributed by atoms with Gasteiger partial charge in [-0.1, -0.05) is 0 Å². The molecule has 2 aliphatic rings. The third-order valence-corrected chi connectivity index (χ3v) is 4.01. The third-order valence-electron chi connectivity index (χ3n) is 4.01. The van der Waals surface area contributed by atoms with Gasteiger partial charge in [0.05, 0.1) is 18.3 Å². The Balaban J connectivity index is 1.74. The number of fused-ring (bicyclic) bond motifs is 1. The lowest BCUT2D eigenvalue weighted by Crippen LogP contribution is -2.55. The largest absolute Gasteiger partial charge is 0.393 e. The highest BCUT2D eigenvalue weighted by atomic mass is 16.3. The van der Waals surface area contributed by atoms with E-state index in [9.17, 15) is 9.90 Å². The molecule has 0 radical (unpaired) electrons. The van der Waals surface area contributed by atoms with E-state index in [1.54, 1.807) is 0 Å². The van der Waals surface area contributed by atoms with E-state index in [1.165, 1.54) is 0 Å². The fourth-order valence-electron chi connectivity index (χ4n) is 2.85. The smallest absolute Gasteiger partial charge is 0.246 e. The van der Waals surface area contributed by atoms with Gasteiger partial charge >= 0.3 is 0 Å². The number of hydrazine groups is 1. The molecule has 0 unspecified atom stereocenters. The van der Waals surface area contributed by atoms with Crippen molar-refractivity contribution >= 4 is 12.0 Å². The van der Waals surface area contributed by atoms with Gasteiger partial charge in [0.1, 0.15) is 0 Å². The maximum Gasteiger partial charge on any atom is 0.246 e. The summed E-state index contributed by atoms with van der Waals surface area (Å²) in [6, 6.07) is 4.21. The number of nitrogens with two attached hydrogens (primary N) is 1. The van der Waals surface area contributed by atoms with Crippen LogP contribution in [-0.2, 0) is 4.79 Å². The van der Waals surface area contributed by atoms with Gasteiger partial charge in [0, 0.05) is 17.8 Å². The SMILES string of the molecule is NC(=O)C1=Cc2cccn2N(NC2CCC(O)CC2)C1. The molecule has 1 amide bonds. The number of hydrogen-bond acceptors (Lipinski definition) is 4. The number of aromatic nitrogens is 1. The van der Waals surface area contributed by atoms with Crippen molar-refractivity contribution in [3.8, 4) is 0 Å². The zero-order valence-electron chi connectivity index (χ0n) is 11.3. The zero-order valence-corrected chi connectivity index (χ0v) is 11.3. The average molecular weight is 276 g/mol. The number of nitrogens with zero attached hydrogens (tertiary/aromatic N) is 2. The number of aliphatic hydroxyl groups is 1. The van der Waals surface area contributed by atoms with Crippen molar-refractivity contribution in [3.05, 3.63) is 29.6 Å². The van der Waals surface area contributed by atoms with E-state index in [-0.39, 0.29) is 12.0 Å². The topological polar surface area (TPSA) is 83.5 Å². The first-order valence-electron chi connectivity index (χ1n) is 7.03. The van der Waals surface area contributed by atoms with E-state index >= 15 is 0 Å². The lowest BCUT2D eigenvalue weighted by molar-refractivity contribution is -0.114. The number of carbonyl (C=O) groups excluding carboxylic acids is 1. The van der Waals surface area contributed by atoms with Crippen molar-refractivity contribution in [2.45, 2.75) is 37.8 Å². The second-order valence-corrected chi connectivity index (χ2v) is 5.50. The van der Waals surface area contributed by atoms with Crippen molar-refractivity contribution in [2.24, 2.45) is 5.73 Å². The molecule has 0 bridgehead atoms. The maximum absolute atomic E-state index is 11.4. The van der Waals surface area contributed by atoms with E-state index in [2.05, 4.69) is 5.43 Å². The molecule has 1 saturated carbocycles. The molecule has 20 heavy (non-hydrogen) atoms. The van der Waals surface area contributed by atoms with Crippen LogP contribution in [0.1, 0.15) is 31.4 Å². The van der Waals surface area contributed by atoms with Crippen LogP contribution in [0.5, 0.6) is 0 Å². The number of hydrogen-bond donors (Lipinski definition) is 3. The van der Waals surface area contributed by atoms with Gasteiger partial charge in [-0.05, 0) is 43.9 Å². The minimum atomic E-state index is -0.386. The lowest BCUT2D eigenvalue weighted by Gasteiger charge is -2.36. The van der Waals surface area contributed by atoms with Crippen molar-refractivity contribution in [2.75, 3.05) is 11.7 Å². The molecule has 2 heterocycles. The molecule has 4 N–H and O–H groups in total. The summed E-state index contributed by atoms with van der Waals surface area (Å²) in [5.74, 6) is -0.386. The number of amides is 1. The molecular formula is C14H20N4O2. The molecule has 1 aromatic rings. The fourth-order valence-corrected chi connectivity index (χ4v) is 2.85. The molecule has 3 rings (SSSR count). The monoisotopic (exact) mass is 276 g/mol. The molecule has 1 aromatic heterocycles. The van der Waals surface area contributed by atoms with Crippen LogP contribution in [0.3, 0.4) is 0 Å². The van der Waals surface area contributed by atoms with Crippen LogP contribution >= 0.6 is 0 Å². The third kappa shape index (κ3) is 2.57. The lowest BCUT2D eigenvalue weighted by atomic mass is 9.94. The molecule has 0 saturated heterocycles. The Morgan fingerprint density at radius 3 is 2.80 bits per heavy atom. The Hall–Kier alpha value is -1.79. The Morgan fingerprint density at radius 1 is 1.35 bits per heavy atom. The van der Waals surface area contributed by atoms with E-state index in [1.807, 2.05) is 34.2 Å². The van der Waals surface area contributed by atoms with E-state index in [0.717, 1.165) is 31.4 Å². The number of carbonyl (C=O) groups is 1. The summed E-state index contributed by atoms with van der Waals surface area (Å²) in [5, 5.41) is 11.5. The summed E-state index contributed by atoms with van der Waals surface area (Å²) >= 11 is 0. The molecule has 0 aromatic carbocycles. The van der Waals surface area contributed by atoms with Crippen LogP contribution < -0.4 is 16.3 Å². The Kier molecular flexibility index (Phi) is 3.50. The minimum Gasteiger partial charge on any atom is -0.393 e. The second-order valence-electron chi connectivity index (χ2n) is 5.50. The molecule has 6 heteroatoms. The molecule has 1 aliphatic heterocycles. The predicted octanol–water partition coefficient (Wildman–Crippen LogP) is 0.116. The van der Waals surface area contributed by atoms with Gasteiger partial charge in [-0.2, -0.15) is 0 Å². The normalized spacial score (nSPS) is 26.1. The molecule has 108 valence electrons. The van der Waals surface area contributed by atoms with Gasteiger partial charge < -0.3 is 10.8 Å². The van der Waals surface area contributed by atoms with E-state index < -0.39 is 0 Å².